The van der Waals surface area contributed by atoms with Crippen LogP contribution in [0.4, 0.5) is 0 Å². The van der Waals surface area contributed by atoms with Crippen molar-refractivity contribution in [1.29, 1.82) is 5.26 Å². The maximum absolute atomic E-state index is 10.8. The minimum absolute atomic E-state index is 0.0548. The zero-order valence-corrected chi connectivity index (χ0v) is 11.7. The molecule has 0 saturated carbocycles. The van der Waals surface area contributed by atoms with Crippen molar-refractivity contribution < 1.29 is 24.5 Å². The Bertz CT molecular complexity index is 543. The van der Waals surface area contributed by atoms with E-state index in [0.29, 0.717) is 11.3 Å². The number of methoxy groups -OCH3 is 1. The van der Waals surface area contributed by atoms with Crippen LogP contribution in [-0.2, 0) is 15.0 Å². The van der Waals surface area contributed by atoms with Crippen molar-refractivity contribution in [2.24, 2.45) is 0 Å². The van der Waals surface area contributed by atoms with Gasteiger partial charge in [0.15, 0.2) is 0 Å². The Kier molecular flexibility index (Phi) is 5.73. The van der Waals surface area contributed by atoms with Gasteiger partial charge in [-0.15, -0.1) is 0 Å². The van der Waals surface area contributed by atoms with Gasteiger partial charge in [-0.1, -0.05) is 12.1 Å². The number of benzene rings is 1. The highest BCUT2D eigenvalue weighted by atomic mass is 16.5. The first kappa shape index (κ1) is 16.5. The van der Waals surface area contributed by atoms with E-state index in [1.54, 1.807) is 24.3 Å². The first-order valence-corrected chi connectivity index (χ1v) is 6.43. The molecular formula is C15H17NO5. The van der Waals surface area contributed by atoms with E-state index in [9.17, 15) is 14.9 Å². The number of carboxylic acids is 2. The average Bonchev–Trinajstić information content (AvgIpc) is 2.47. The number of nitriles is 1. The van der Waals surface area contributed by atoms with Crippen LogP contribution in [0, 0.1) is 11.3 Å². The third kappa shape index (κ3) is 4.49. The second-order valence-corrected chi connectivity index (χ2v) is 4.71. The van der Waals surface area contributed by atoms with Crippen LogP contribution in [0.25, 0.3) is 0 Å². The Hall–Kier alpha value is -2.55. The van der Waals surface area contributed by atoms with Gasteiger partial charge in [0.2, 0.25) is 0 Å². The van der Waals surface area contributed by atoms with E-state index >= 15 is 0 Å². The predicted octanol–water partition coefficient (Wildman–Crippen LogP) is 2.19. The van der Waals surface area contributed by atoms with Crippen molar-refractivity contribution >= 4 is 11.9 Å². The van der Waals surface area contributed by atoms with Gasteiger partial charge in [-0.3, -0.25) is 9.59 Å². The van der Waals surface area contributed by atoms with Gasteiger partial charge in [0.1, 0.15) is 5.75 Å². The van der Waals surface area contributed by atoms with Crippen LogP contribution in [0.2, 0.25) is 0 Å². The quantitative estimate of drug-likeness (QED) is 0.760. The van der Waals surface area contributed by atoms with E-state index in [1.807, 2.05) is 0 Å². The lowest BCUT2D eigenvalue weighted by molar-refractivity contribution is -0.137. The molecule has 0 unspecified atom stereocenters. The largest absolute Gasteiger partial charge is 0.497 e. The molecule has 6 heteroatoms. The number of aliphatic carboxylic acids is 2. The van der Waals surface area contributed by atoms with E-state index in [2.05, 4.69) is 6.07 Å². The molecule has 0 aromatic heterocycles. The molecule has 6 nitrogen and oxygen atoms in total. The first-order valence-electron chi connectivity index (χ1n) is 6.43. The number of hydrogen-bond acceptors (Lipinski definition) is 4. The lowest BCUT2D eigenvalue weighted by Gasteiger charge is -2.26. The zero-order chi connectivity index (χ0) is 15.9. The molecule has 112 valence electrons. The fourth-order valence-electron chi connectivity index (χ4n) is 2.15. The van der Waals surface area contributed by atoms with Gasteiger partial charge >= 0.3 is 11.9 Å². The van der Waals surface area contributed by atoms with Crippen molar-refractivity contribution in [3.63, 3.8) is 0 Å². The highest BCUT2D eigenvalue weighted by molar-refractivity contribution is 5.68. The van der Waals surface area contributed by atoms with E-state index in [1.165, 1.54) is 7.11 Å². The molecule has 0 heterocycles. The summed E-state index contributed by atoms with van der Waals surface area (Å²) in [6.45, 7) is 0. The van der Waals surface area contributed by atoms with E-state index < -0.39 is 17.4 Å². The molecule has 0 aliphatic rings. The van der Waals surface area contributed by atoms with Crippen LogP contribution < -0.4 is 4.74 Å². The summed E-state index contributed by atoms with van der Waals surface area (Å²) in [7, 11) is 1.49. The Morgan fingerprint density at radius 1 is 1.24 bits per heavy atom. The molecular weight excluding hydrogens is 274 g/mol. The molecule has 1 rings (SSSR count). The summed E-state index contributed by atoms with van der Waals surface area (Å²) in [5.41, 5.74) is -0.572. The van der Waals surface area contributed by atoms with Gasteiger partial charge < -0.3 is 14.9 Å². The van der Waals surface area contributed by atoms with Gasteiger partial charge in [-0.2, -0.15) is 5.26 Å². The topological polar surface area (TPSA) is 108 Å². The van der Waals surface area contributed by atoms with Crippen molar-refractivity contribution in [2.45, 2.75) is 31.1 Å². The van der Waals surface area contributed by atoms with Gasteiger partial charge in [0.05, 0.1) is 18.6 Å². The fraction of sp³-hybridized carbons (Fsp3) is 0.400. The molecule has 1 aromatic carbocycles. The minimum Gasteiger partial charge on any atom is -0.497 e. The summed E-state index contributed by atoms with van der Waals surface area (Å²) in [5, 5.41) is 27.2. The fourth-order valence-corrected chi connectivity index (χ4v) is 2.15. The molecule has 0 bridgehead atoms. The van der Waals surface area contributed by atoms with E-state index in [-0.39, 0.29) is 25.7 Å². The monoisotopic (exact) mass is 291 g/mol. The highest BCUT2D eigenvalue weighted by Crippen LogP contribution is 2.35. The molecule has 0 fully saturated rings. The maximum Gasteiger partial charge on any atom is 0.303 e. The van der Waals surface area contributed by atoms with Crippen LogP contribution in [0.1, 0.15) is 31.2 Å². The average molecular weight is 291 g/mol. The molecule has 0 atom stereocenters. The summed E-state index contributed by atoms with van der Waals surface area (Å²) in [4.78, 5) is 21.6. The molecule has 0 radical (unpaired) electrons. The Morgan fingerprint density at radius 2 is 1.81 bits per heavy atom. The number of ether oxygens (including phenoxy) is 1. The molecule has 0 aliphatic heterocycles. The number of carboxylic acid groups (broad SMARTS) is 2. The molecule has 2 N–H and O–H groups in total. The molecule has 0 aliphatic carbocycles. The van der Waals surface area contributed by atoms with Crippen molar-refractivity contribution in [2.75, 3.05) is 7.11 Å². The Morgan fingerprint density at radius 3 is 2.24 bits per heavy atom. The summed E-state index contributed by atoms with van der Waals surface area (Å²) < 4.78 is 5.10. The van der Waals surface area contributed by atoms with Gasteiger partial charge in [-0.05, 0) is 30.5 Å². The summed E-state index contributed by atoms with van der Waals surface area (Å²) >= 11 is 0. The molecule has 0 saturated heterocycles. The standard InChI is InChI=1S/C15H17NO5/c1-21-12-4-2-3-11(9-12)15(10-16,7-5-13(17)18)8-6-14(19)20/h2-4,9H,5-8H2,1H3,(H,17,18)(H,19,20). The van der Waals surface area contributed by atoms with E-state index in [0.717, 1.165) is 0 Å². The third-order valence-electron chi connectivity index (χ3n) is 3.37. The second-order valence-electron chi connectivity index (χ2n) is 4.71. The molecule has 21 heavy (non-hydrogen) atoms. The Balaban J connectivity index is 3.16. The lowest BCUT2D eigenvalue weighted by atomic mass is 9.74. The summed E-state index contributed by atoms with van der Waals surface area (Å²) in [6.07, 6.45) is -0.298. The highest BCUT2D eigenvalue weighted by Gasteiger charge is 2.33. The molecule has 1 aromatic rings. The number of carbonyl (C=O) groups is 2. The zero-order valence-electron chi connectivity index (χ0n) is 11.7. The summed E-state index contributed by atoms with van der Waals surface area (Å²) in [5.74, 6) is -1.50. The first-order chi connectivity index (χ1) is 9.93. The van der Waals surface area contributed by atoms with Crippen molar-refractivity contribution in [1.82, 2.24) is 0 Å². The molecule has 0 amide bonds. The number of rotatable bonds is 8. The van der Waals surface area contributed by atoms with Crippen LogP contribution in [0.5, 0.6) is 5.75 Å². The second kappa shape index (κ2) is 7.29. The summed E-state index contributed by atoms with van der Waals surface area (Å²) in [6, 6.07) is 8.85. The normalized spacial score (nSPS) is 10.7. The third-order valence-corrected chi connectivity index (χ3v) is 3.37. The van der Waals surface area contributed by atoms with Crippen LogP contribution in [0.15, 0.2) is 24.3 Å². The maximum atomic E-state index is 10.8. The minimum atomic E-state index is -1.15. The number of nitrogens with zero attached hydrogens (tertiary/aromatic N) is 1. The lowest BCUT2D eigenvalue weighted by Crippen LogP contribution is -2.26. The van der Waals surface area contributed by atoms with Crippen LogP contribution in [-0.4, -0.2) is 29.3 Å². The molecule has 0 spiro atoms. The SMILES string of the molecule is COc1cccc(C(C#N)(CCC(=O)O)CCC(=O)O)c1. The van der Waals surface area contributed by atoms with Crippen LogP contribution in [0.3, 0.4) is 0 Å². The van der Waals surface area contributed by atoms with Gasteiger partial charge in [0.25, 0.3) is 0 Å². The van der Waals surface area contributed by atoms with Gasteiger partial charge in [0, 0.05) is 12.8 Å². The Labute approximate surface area is 122 Å². The smallest absolute Gasteiger partial charge is 0.303 e. The number of hydrogen-bond donors (Lipinski definition) is 2. The van der Waals surface area contributed by atoms with Crippen LogP contribution >= 0.6 is 0 Å². The van der Waals surface area contributed by atoms with E-state index in [4.69, 9.17) is 14.9 Å². The van der Waals surface area contributed by atoms with Crippen molar-refractivity contribution in [3.8, 4) is 11.8 Å². The van der Waals surface area contributed by atoms with Crippen molar-refractivity contribution in [3.05, 3.63) is 29.8 Å². The van der Waals surface area contributed by atoms with Gasteiger partial charge in [-0.25, -0.2) is 0 Å². The predicted molar refractivity (Wildman–Crippen MR) is 74.0 cm³/mol.